The molecule has 0 saturated heterocycles. The average molecular weight is 389 g/mol. The molecule has 1 N–H and O–H groups in total. The number of anilines is 2. The first kappa shape index (κ1) is 16.1. The summed E-state index contributed by atoms with van der Waals surface area (Å²) in [7, 11) is 0. The highest BCUT2D eigenvalue weighted by Gasteiger charge is 2.26. The number of aromatic nitrogens is 4. The van der Waals surface area contributed by atoms with Crippen LogP contribution in [0.1, 0.15) is 11.4 Å². The lowest BCUT2D eigenvalue weighted by molar-refractivity contribution is -0.384. The van der Waals surface area contributed by atoms with Gasteiger partial charge in [-0.3, -0.25) is 10.1 Å². The molecule has 3 aromatic rings. The third kappa shape index (κ3) is 3.11. The third-order valence-electron chi connectivity index (χ3n) is 3.30. The molecule has 0 amide bonds. The molecule has 0 spiro atoms. The molecule has 0 saturated carbocycles. The van der Waals surface area contributed by atoms with Gasteiger partial charge < -0.3 is 5.32 Å². The van der Waals surface area contributed by atoms with Gasteiger partial charge in [0.25, 0.3) is 0 Å². The zero-order valence-corrected chi connectivity index (χ0v) is 14.5. The molecule has 0 atom stereocenters. The first-order valence-corrected chi connectivity index (χ1v) is 7.80. The Kier molecular flexibility index (Phi) is 4.26. The molecule has 24 heavy (non-hydrogen) atoms. The lowest BCUT2D eigenvalue weighted by Crippen LogP contribution is -2.09. The Balaban J connectivity index is 2.10. The molecule has 1 aromatic carbocycles. The number of aryl methyl sites for hydroxylation is 2. The second kappa shape index (κ2) is 6.36. The summed E-state index contributed by atoms with van der Waals surface area (Å²) in [6.07, 6.45) is 1.28. The number of benzene rings is 1. The van der Waals surface area contributed by atoms with E-state index in [-0.39, 0.29) is 17.3 Å². The fraction of sp³-hybridized carbons (Fsp3) is 0.133. The quantitative estimate of drug-likeness (QED) is 0.540. The molecule has 0 fully saturated rings. The predicted octanol–water partition coefficient (Wildman–Crippen LogP) is 3.69. The number of nitrogens with zero attached hydrogens (tertiary/aromatic N) is 5. The minimum atomic E-state index is -0.507. The van der Waals surface area contributed by atoms with E-state index in [9.17, 15) is 10.1 Å². The summed E-state index contributed by atoms with van der Waals surface area (Å²) in [5.74, 6) is 0.236. The number of hydrogen-bond acceptors (Lipinski definition) is 6. The highest BCUT2D eigenvalue weighted by atomic mass is 79.9. The number of halogens is 1. The van der Waals surface area contributed by atoms with Crippen LogP contribution in [0, 0.1) is 24.0 Å². The maximum Gasteiger partial charge on any atom is 0.355 e. The van der Waals surface area contributed by atoms with Gasteiger partial charge in [-0.1, -0.05) is 15.9 Å². The lowest BCUT2D eigenvalue weighted by Gasteiger charge is -2.09. The molecule has 122 valence electrons. The van der Waals surface area contributed by atoms with E-state index in [1.807, 2.05) is 32.0 Å². The van der Waals surface area contributed by atoms with Crippen molar-refractivity contribution in [2.75, 3.05) is 5.32 Å². The smallest absolute Gasteiger partial charge is 0.334 e. The van der Waals surface area contributed by atoms with Crippen LogP contribution in [0.5, 0.6) is 0 Å². The van der Waals surface area contributed by atoms with Gasteiger partial charge in [0, 0.05) is 15.9 Å². The molecule has 0 aliphatic carbocycles. The zero-order chi connectivity index (χ0) is 17.3. The fourth-order valence-electron chi connectivity index (χ4n) is 2.30. The number of rotatable bonds is 4. The van der Waals surface area contributed by atoms with Crippen LogP contribution in [-0.4, -0.2) is 24.7 Å². The highest BCUT2D eigenvalue weighted by molar-refractivity contribution is 9.10. The molecule has 9 heteroatoms. The van der Waals surface area contributed by atoms with E-state index in [2.05, 4.69) is 36.3 Å². The van der Waals surface area contributed by atoms with Crippen molar-refractivity contribution in [3.05, 3.63) is 62.6 Å². The van der Waals surface area contributed by atoms with Crippen molar-refractivity contribution in [2.45, 2.75) is 13.8 Å². The van der Waals surface area contributed by atoms with Crippen molar-refractivity contribution in [3.63, 3.8) is 0 Å². The minimum Gasteiger partial charge on any atom is -0.334 e. The second-order valence-electron chi connectivity index (χ2n) is 5.12. The first-order valence-electron chi connectivity index (χ1n) is 7.01. The van der Waals surface area contributed by atoms with Gasteiger partial charge in [0.05, 0.1) is 10.6 Å². The van der Waals surface area contributed by atoms with E-state index in [0.717, 1.165) is 15.9 Å². The van der Waals surface area contributed by atoms with E-state index in [1.165, 1.54) is 11.0 Å². The summed E-state index contributed by atoms with van der Waals surface area (Å²) < 4.78 is 2.36. The summed E-state index contributed by atoms with van der Waals surface area (Å²) in [5.41, 5.74) is 1.96. The van der Waals surface area contributed by atoms with E-state index >= 15 is 0 Å². The standard InChI is InChI=1S/C15H13BrN6O2/c1-9-7-10(2)21(20-9)15-13(22(23)24)14(17-8-18-15)19-12-5-3-11(16)4-6-12/h3-8H,1-2H3,(H,17,18,19). The Morgan fingerprint density at radius 3 is 2.50 bits per heavy atom. The van der Waals surface area contributed by atoms with Gasteiger partial charge in [-0.25, -0.2) is 14.6 Å². The van der Waals surface area contributed by atoms with Crippen LogP contribution in [0.4, 0.5) is 17.2 Å². The van der Waals surface area contributed by atoms with E-state index in [4.69, 9.17) is 0 Å². The summed E-state index contributed by atoms with van der Waals surface area (Å²) in [6.45, 7) is 3.63. The maximum atomic E-state index is 11.6. The Morgan fingerprint density at radius 2 is 1.92 bits per heavy atom. The monoisotopic (exact) mass is 388 g/mol. The van der Waals surface area contributed by atoms with Gasteiger partial charge in [0.1, 0.15) is 6.33 Å². The fourth-order valence-corrected chi connectivity index (χ4v) is 2.56. The number of hydrogen-bond donors (Lipinski definition) is 1. The predicted molar refractivity (Wildman–Crippen MR) is 92.7 cm³/mol. The van der Waals surface area contributed by atoms with Gasteiger partial charge in [-0.2, -0.15) is 5.10 Å². The van der Waals surface area contributed by atoms with Crippen LogP contribution >= 0.6 is 15.9 Å². The van der Waals surface area contributed by atoms with Gasteiger partial charge >= 0.3 is 5.69 Å². The van der Waals surface area contributed by atoms with Gasteiger partial charge in [0.2, 0.25) is 11.6 Å². The number of nitrogens with one attached hydrogen (secondary N) is 1. The van der Waals surface area contributed by atoms with Crippen LogP contribution < -0.4 is 5.32 Å². The molecule has 3 rings (SSSR count). The van der Waals surface area contributed by atoms with Gasteiger partial charge in [-0.05, 0) is 44.2 Å². The SMILES string of the molecule is Cc1cc(C)n(-c2ncnc(Nc3ccc(Br)cc3)c2[N+](=O)[O-])n1. The Bertz CT molecular complexity index is 907. The van der Waals surface area contributed by atoms with Gasteiger partial charge in [0.15, 0.2) is 0 Å². The van der Waals surface area contributed by atoms with E-state index < -0.39 is 4.92 Å². The topological polar surface area (TPSA) is 98.8 Å². The van der Waals surface area contributed by atoms with Crippen LogP contribution in [0.3, 0.4) is 0 Å². The van der Waals surface area contributed by atoms with Crippen molar-refractivity contribution < 1.29 is 4.92 Å². The molecule has 0 unspecified atom stereocenters. The Morgan fingerprint density at radius 1 is 1.21 bits per heavy atom. The average Bonchev–Trinajstić information content (AvgIpc) is 2.87. The molecule has 0 radical (unpaired) electrons. The molecule has 2 heterocycles. The summed E-state index contributed by atoms with van der Waals surface area (Å²) in [6, 6.07) is 9.07. The largest absolute Gasteiger partial charge is 0.355 e. The molecule has 0 bridgehead atoms. The number of nitro groups is 1. The Labute approximate surface area is 145 Å². The van der Waals surface area contributed by atoms with E-state index in [1.54, 1.807) is 12.1 Å². The molecular weight excluding hydrogens is 376 g/mol. The maximum absolute atomic E-state index is 11.6. The van der Waals surface area contributed by atoms with Crippen molar-refractivity contribution in [2.24, 2.45) is 0 Å². The minimum absolute atomic E-state index is 0.111. The van der Waals surface area contributed by atoms with Gasteiger partial charge in [-0.15, -0.1) is 0 Å². The normalized spacial score (nSPS) is 10.6. The summed E-state index contributed by atoms with van der Waals surface area (Å²) in [4.78, 5) is 19.2. The third-order valence-corrected chi connectivity index (χ3v) is 3.83. The summed E-state index contributed by atoms with van der Waals surface area (Å²) in [5, 5.41) is 18.8. The molecule has 8 nitrogen and oxygen atoms in total. The van der Waals surface area contributed by atoms with Crippen molar-refractivity contribution in [3.8, 4) is 5.82 Å². The molecule has 0 aliphatic rings. The first-order chi connectivity index (χ1) is 11.5. The summed E-state index contributed by atoms with van der Waals surface area (Å²) >= 11 is 3.35. The van der Waals surface area contributed by atoms with Crippen molar-refractivity contribution in [1.29, 1.82) is 0 Å². The van der Waals surface area contributed by atoms with E-state index in [0.29, 0.717) is 5.69 Å². The highest BCUT2D eigenvalue weighted by Crippen LogP contribution is 2.30. The second-order valence-corrected chi connectivity index (χ2v) is 6.04. The molecule has 2 aromatic heterocycles. The zero-order valence-electron chi connectivity index (χ0n) is 12.9. The molecular formula is C15H13BrN6O2. The Hall–Kier alpha value is -2.81. The van der Waals surface area contributed by atoms with Crippen LogP contribution in [0.25, 0.3) is 5.82 Å². The van der Waals surface area contributed by atoms with Crippen molar-refractivity contribution >= 4 is 33.1 Å². The van der Waals surface area contributed by atoms with Crippen LogP contribution in [0.15, 0.2) is 41.1 Å². The van der Waals surface area contributed by atoms with Crippen molar-refractivity contribution in [1.82, 2.24) is 19.7 Å². The lowest BCUT2D eigenvalue weighted by atomic mass is 10.3. The van der Waals surface area contributed by atoms with Crippen LogP contribution in [-0.2, 0) is 0 Å². The molecule has 0 aliphatic heterocycles. The van der Waals surface area contributed by atoms with Crippen LogP contribution in [0.2, 0.25) is 0 Å².